The fourth-order valence-corrected chi connectivity index (χ4v) is 3.33. The molecule has 3 aromatic rings. The zero-order valence-corrected chi connectivity index (χ0v) is 18.0. The molecule has 0 saturated heterocycles. The molecule has 0 aromatic heterocycles. The Kier molecular flexibility index (Phi) is 9.13. The second-order valence-electron chi connectivity index (χ2n) is 7.48. The van der Waals surface area contributed by atoms with Gasteiger partial charge in [0.1, 0.15) is 11.5 Å². The molecule has 0 heterocycles. The van der Waals surface area contributed by atoms with Gasteiger partial charge >= 0.3 is 0 Å². The molecule has 0 aliphatic carbocycles. The van der Waals surface area contributed by atoms with Crippen molar-refractivity contribution in [3.8, 4) is 11.5 Å². The molecule has 0 unspecified atom stereocenters. The van der Waals surface area contributed by atoms with Crippen LogP contribution in [0.25, 0.3) is 0 Å². The first-order valence-electron chi connectivity index (χ1n) is 11.1. The summed E-state index contributed by atoms with van der Waals surface area (Å²) in [5.41, 5.74) is 3.50. The van der Waals surface area contributed by atoms with Gasteiger partial charge in [-0.1, -0.05) is 80.8 Å². The van der Waals surface area contributed by atoms with Gasteiger partial charge in [-0.15, -0.1) is 0 Å². The van der Waals surface area contributed by atoms with Crippen molar-refractivity contribution in [2.75, 3.05) is 18.5 Å². The molecule has 3 rings (SSSR count). The molecule has 30 heavy (non-hydrogen) atoms. The third-order valence-corrected chi connectivity index (χ3v) is 5.05. The van der Waals surface area contributed by atoms with Crippen molar-refractivity contribution in [3.05, 3.63) is 90.0 Å². The number of nitrogens with one attached hydrogen (secondary N) is 1. The van der Waals surface area contributed by atoms with Crippen LogP contribution in [-0.2, 0) is 13.0 Å². The van der Waals surface area contributed by atoms with Crippen LogP contribution in [-0.4, -0.2) is 13.2 Å². The van der Waals surface area contributed by atoms with Gasteiger partial charge in [0, 0.05) is 30.3 Å². The fourth-order valence-electron chi connectivity index (χ4n) is 3.33. The maximum atomic E-state index is 6.07. The Morgan fingerprint density at radius 1 is 0.733 bits per heavy atom. The second-order valence-corrected chi connectivity index (χ2v) is 7.48. The molecule has 1 N–H and O–H groups in total. The van der Waals surface area contributed by atoms with Gasteiger partial charge in [0.25, 0.3) is 0 Å². The van der Waals surface area contributed by atoms with Crippen molar-refractivity contribution in [2.24, 2.45) is 0 Å². The third kappa shape index (κ3) is 7.47. The van der Waals surface area contributed by atoms with Crippen LogP contribution in [0.2, 0.25) is 0 Å². The molecule has 0 aliphatic rings. The van der Waals surface area contributed by atoms with Crippen LogP contribution in [0.15, 0.2) is 78.9 Å². The Morgan fingerprint density at radius 2 is 1.57 bits per heavy atom. The smallest absolute Gasteiger partial charge is 0.124 e. The van der Waals surface area contributed by atoms with E-state index < -0.39 is 0 Å². The van der Waals surface area contributed by atoms with Crippen LogP contribution >= 0.6 is 0 Å². The first kappa shape index (κ1) is 21.8. The minimum Gasteiger partial charge on any atom is -0.494 e. The first-order chi connectivity index (χ1) is 14.8. The van der Waals surface area contributed by atoms with Crippen LogP contribution in [0.3, 0.4) is 0 Å². The minimum absolute atomic E-state index is 0.669. The summed E-state index contributed by atoms with van der Waals surface area (Å²) in [5, 5.41) is 3.50. The molecule has 0 bridgehead atoms. The predicted octanol–water partition coefficient (Wildman–Crippen LogP) is 6.88. The summed E-state index contributed by atoms with van der Waals surface area (Å²) in [6, 6.07) is 26.9. The van der Waals surface area contributed by atoms with E-state index in [0.29, 0.717) is 13.2 Å². The highest BCUT2D eigenvalue weighted by molar-refractivity contribution is 5.49. The van der Waals surface area contributed by atoms with E-state index in [1.54, 1.807) is 0 Å². The van der Waals surface area contributed by atoms with Gasteiger partial charge in [0.15, 0.2) is 0 Å². The number of rotatable bonds is 13. The molecule has 3 aromatic carbocycles. The molecule has 3 heteroatoms. The maximum absolute atomic E-state index is 6.07. The van der Waals surface area contributed by atoms with Gasteiger partial charge in [0.2, 0.25) is 0 Å². The lowest BCUT2D eigenvalue weighted by atomic mass is 10.1. The first-order valence-corrected chi connectivity index (χ1v) is 11.1. The molecule has 158 valence electrons. The third-order valence-electron chi connectivity index (χ3n) is 5.05. The predicted molar refractivity (Wildman–Crippen MR) is 125 cm³/mol. The Balaban J connectivity index is 1.49. The molecule has 0 amide bonds. The average molecular weight is 404 g/mol. The number of benzene rings is 3. The number of anilines is 1. The van der Waals surface area contributed by atoms with Crippen molar-refractivity contribution in [1.29, 1.82) is 0 Å². The number of hydrogen-bond donors (Lipinski definition) is 1. The largest absolute Gasteiger partial charge is 0.494 e. The Morgan fingerprint density at radius 3 is 2.43 bits per heavy atom. The Bertz CT molecular complexity index is 864. The van der Waals surface area contributed by atoms with E-state index in [-0.39, 0.29) is 0 Å². The van der Waals surface area contributed by atoms with Crippen molar-refractivity contribution in [1.82, 2.24) is 0 Å². The molecule has 0 spiro atoms. The molecule has 0 fully saturated rings. The minimum atomic E-state index is 0.669. The quantitative estimate of drug-likeness (QED) is 0.316. The van der Waals surface area contributed by atoms with Gasteiger partial charge in [-0.25, -0.2) is 0 Å². The Labute approximate surface area is 181 Å². The van der Waals surface area contributed by atoms with Crippen molar-refractivity contribution in [3.63, 3.8) is 0 Å². The van der Waals surface area contributed by atoms with Gasteiger partial charge in [0.05, 0.1) is 13.2 Å². The van der Waals surface area contributed by atoms with Crippen molar-refractivity contribution >= 4 is 5.69 Å². The lowest BCUT2D eigenvalue weighted by Gasteiger charge is -2.14. The highest BCUT2D eigenvalue weighted by Gasteiger charge is 2.04. The van der Waals surface area contributed by atoms with E-state index in [1.165, 1.54) is 24.8 Å². The van der Waals surface area contributed by atoms with Gasteiger partial charge in [-0.05, 0) is 30.2 Å². The number of ether oxygens (including phenoxy) is 2. The summed E-state index contributed by atoms with van der Waals surface area (Å²) >= 11 is 0. The monoisotopic (exact) mass is 403 g/mol. The topological polar surface area (TPSA) is 30.5 Å². The van der Waals surface area contributed by atoms with E-state index in [2.05, 4.69) is 60.8 Å². The normalized spacial score (nSPS) is 10.6. The molecule has 0 atom stereocenters. The van der Waals surface area contributed by atoms with Gasteiger partial charge < -0.3 is 14.8 Å². The van der Waals surface area contributed by atoms with Crippen LogP contribution < -0.4 is 14.8 Å². The number of unbranched alkanes of at least 4 members (excludes halogenated alkanes) is 3. The number of para-hydroxylation sites is 1. The summed E-state index contributed by atoms with van der Waals surface area (Å²) in [6.45, 7) is 4.38. The van der Waals surface area contributed by atoms with Crippen LogP contribution in [0, 0.1) is 0 Å². The molecule has 0 radical (unpaired) electrons. The molecule has 0 saturated carbocycles. The van der Waals surface area contributed by atoms with Gasteiger partial charge in [-0.2, -0.15) is 0 Å². The summed E-state index contributed by atoms with van der Waals surface area (Å²) in [7, 11) is 0. The average Bonchev–Trinajstić information content (AvgIpc) is 2.79. The lowest BCUT2D eigenvalue weighted by molar-refractivity contribution is 0.305. The van der Waals surface area contributed by atoms with Crippen molar-refractivity contribution < 1.29 is 9.47 Å². The summed E-state index contributed by atoms with van der Waals surface area (Å²) in [6.07, 6.45) is 5.77. The molecular formula is C27H33NO2. The Hall–Kier alpha value is -2.94. The highest BCUT2D eigenvalue weighted by Crippen LogP contribution is 2.22. The number of hydrogen-bond acceptors (Lipinski definition) is 3. The summed E-state index contributed by atoms with van der Waals surface area (Å²) < 4.78 is 12.0. The summed E-state index contributed by atoms with van der Waals surface area (Å²) in [5.74, 6) is 1.85. The van der Waals surface area contributed by atoms with E-state index >= 15 is 0 Å². The lowest BCUT2D eigenvalue weighted by Crippen LogP contribution is -2.06. The van der Waals surface area contributed by atoms with Crippen LogP contribution in [0.4, 0.5) is 5.69 Å². The highest BCUT2D eigenvalue weighted by atomic mass is 16.5. The van der Waals surface area contributed by atoms with E-state index in [0.717, 1.165) is 42.2 Å². The van der Waals surface area contributed by atoms with Gasteiger partial charge in [-0.3, -0.25) is 0 Å². The zero-order valence-electron chi connectivity index (χ0n) is 18.0. The maximum Gasteiger partial charge on any atom is 0.124 e. The van der Waals surface area contributed by atoms with Crippen molar-refractivity contribution in [2.45, 2.75) is 45.6 Å². The molecule has 0 aliphatic heterocycles. The summed E-state index contributed by atoms with van der Waals surface area (Å²) in [4.78, 5) is 0. The van der Waals surface area contributed by atoms with E-state index in [9.17, 15) is 0 Å². The standard InChI is InChI=1S/C27H33NO2/c1-2-3-4-10-19-29-26-16-11-15-25(21-26)28-22-24-14-8-9-17-27(24)30-20-18-23-12-6-5-7-13-23/h5-9,11-17,21,28H,2-4,10,18-20,22H2,1H3. The van der Waals surface area contributed by atoms with Crippen LogP contribution in [0.5, 0.6) is 11.5 Å². The molecular weight excluding hydrogens is 370 g/mol. The second kappa shape index (κ2) is 12.6. The van der Waals surface area contributed by atoms with Crippen LogP contribution in [0.1, 0.15) is 43.7 Å². The van der Waals surface area contributed by atoms with E-state index in [4.69, 9.17) is 9.47 Å². The zero-order chi connectivity index (χ0) is 20.9. The van der Waals surface area contributed by atoms with E-state index in [1.807, 2.05) is 30.3 Å². The fraction of sp³-hybridized carbons (Fsp3) is 0.333. The SMILES string of the molecule is CCCCCCOc1cccc(NCc2ccccc2OCCc2ccccc2)c1. The molecule has 3 nitrogen and oxygen atoms in total.